The van der Waals surface area contributed by atoms with Crippen LogP contribution >= 0.6 is 15.6 Å². The molecule has 0 bridgehead atoms. The number of unbranched alkanes of at least 4 members (excludes halogenated alkanes) is 20. The SMILES string of the molecule is CCCCCCCCCCCCCC(=O)O[C@H](COC(=O)CCCCCCCCCC)COP(=O)(O)OC[C@H](O)COP(=O)(O)OC[C@H](O)COC(=O)CCCCCC. The third-order valence-electron chi connectivity index (χ3n) is 9.33. The molecule has 0 radical (unpaired) electrons. The number of rotatable bonds is 43. The van der Waals surface area contributed by atoms with Gasteiger partial charge in [0.05, 0.1) is 26.4 Å². The summed E-state index contributed by atoms with van der Waals surface area (Å²) in [5.41, 5.74) is 0. The van der Waals surface area contributed by atoms with Gasteiger partial charge in [-0.3, -0.25) is 32.5 Å². The Morgan fingerprint density at radius 2 is 0.695 bits per heavy atom. The van der Waals surface area contributed by atoms with E-state index in [2.05, 4.69) is 22.9 Å². The lowest BCUT2D eigenvalue weighted by atomic mass is 10.1. The molecule has 0 aromatic rings. The summed E-state index contributed by atoms with van der Waals surface area (Å²) in [5, 5.41) is 20.1. The summed E-state index contributed by atoms with van der Waals surface area (Å²) in [7, 11) is -9.68. The highest BCUT2D eigenvalue weighted by atomic mass is 31.2. The first-order chi connectivity index (χ1) is 28.2. The van der Waals surface area contributed by atoms with Gasteiger partial charge in [0.25, 0.3) is 0 Å². The van der Waals surface area contributed by atoms with Crippen LogP contribution in [0.5, 0.6) is 0 Å². The molecule has 0 aliphatic carbocycles. The average molecular weight is 891 g/mol. The van der Waals surface area contributed by atoms with Crippen LogP contribution < -0.4 is 0 Å². The van der Waals surface area contributed by atoms with Crippen molar-refractivity contribution in [2.45, 2.75) is 206 Å². The Bertz CT molecular complexity index is 1140. The highest BCUT2D eigenvalue weighted by molar-refractivity contribution is 7.47. The molecule has 0 amide bonds. The Morgan fingerprint density at radius 3 is 1.08 bits per heavy atom. The van der Waals surface area contributed by atoms with Crippen molar-refractivity contribution in [3.05, 3.63) is 0 Å². The van der Waals surface area contributed by atoms with Crippen LogP contribution in [0, 0.1) is 0 Å². The highest BCUT2D eigenvalue weighted by Gasteiger charge is 2.29. The third kappa shape index (κ3) is 39.2. The van der Waals surface area contributed by atoms with E-state index in [-0.39, 0.29) is 19.3 Å². The largest absolute Gasteiger partial charge is 0.472 e. The molecule has 0 rings (SSSR count). The molecule has 0 fully saturated rings. The van der Waals surface area contributed by atoms with E-state index in [4.69, 9.17) is 23.3 Å². The van der Waals surface area contributed by atoms with Gasteiger partial charge in [0, 0.05) is 19.3 Å². The number of aliphatic hydroxyl groups excluding tert-OH is 2. The number of hydrogen-bond donors (Lipinski definition) is 4. The molecular formula is C41H80O16P2. The molecule has 5 atom stereocenters. The van der Waals surface area contributed by atoms with Gasteiger partial charge in [-0.05, 0) is 19.3 Å². The highest BCUT2D eigenvalue weighted by Crippen LogP contribution is 2.45. The topological polar surface area (TPSA) is 231 Å². The van der Waals surface area contributed by atoms with Gasteiger partial charge in [-0.1, -0.05) is 149 Å². The summed E-state index contributed by atoms with van der Waals surface area (Å²) in [4.78, 5) is 56.9. The first-order valence-corrected chi connectivity index (χ1v) is 25.3. The van der Waals surface area contributed by atoms with Gasteiger partial charge in [0.2, 0.25) is 0 Å². The summed E-state index contributed by atoms with van der Waals surface area (Å²) < 4.78 is 59.6. The number of phosphoric ester groups is 2. The summed E-state index contributed by atoms with van der Waals surface area (Å²) in [6.07, 6.45) is 20.3. The van der Waals surface area contributed by atoms with Crippen LogP contribution in [0.15, 0.2) is 0 Å². The van der Waals surface area contributed by atoms with Crippen molar-refractivity contribution in [1.29, 1.82) is 0 Å². The van der Waals surface area contributed by atoms with Gasteiger partial charge in [0.1, 0.15) is 25.4 Å². The molecular weight excluding hydrogens is 810 g/mol. The molecule has 0 aromatic carbocycles. The first-order valence-electron chi connectivity index (χ1n) is 22.3. The summed E-state index contributed by atoms with van der Waals surface area (Å²) >= 11 is 0. The lowest BCUT2D eigenvalue weighted by Crippen LogP contribution is -2.30. The Kier molecular flexibility index (Phi) is 37.3. The predicted molar refractivity (Wildman–Crippen MR) is 224 cm³/mol. The zero-order chi connectivity index (χ0) is 44.0. The number of esters is 3. The molecule has 0 heterocycles. The lowest BCUT2D eigenvalue weighted by molar-refractivity contribution is -0.161. The van der Waals surface area contributed by atoms with E-state index in [0.29, 0.717) is 19.3 Å². The molecule has 4 N–H and O–H groups in total. The number of ether oxygens (including phenoxy) is 3. The second-order valence-corrected chi connectivity index (χ2v) is 18.1. The molecule has 0 saturated heterocycles. The van der Waals surface area contributed by atoms with Gasteiger partial charge in [-0.15, -0.1) is 0 Å². The molecule has 18 heteroatoms. The van der Waals surface area contributed by atoms with Crippen LogP contribution in [0.4, 0.5) is 0 Å². The van der Waals surface area contributed by atoms with Crippen LogP contribution in [0.2, 0.25) is 0 Å². The van der Waals surface area contributed by atoms with Gasteiger partial charge in [0.15, 0.2) is 6.10 Å². The third-order valence-corrected chi connectivity index (χ3v) is 11.2. The smallest absolute Gasteiger partial charge is 0.463 e. The Morgan fingerprint density at radius 1 is 0.407 bits per heavy atom. The van der Waals surface area contributed by atoms with E-state index < -0.39 is 91.5 Å². The number of carbonyl (C=O) groups is 3. The maximum Gasteiger partial charge on any atom is 0.472 e. The quantitative estimate of drug-likeness (QED) is 0.0193. The summed E-state index contributed by atoms with van der Waals surface area (Å²) in [6, 6.07) is 0. The zero-order valence-corrected chi connectivity index (χ0v) is 38.2. The van der Waals surface area contributed by atoms with E-state index in [1.807, 2.05) is 6.92 Å². The van der Waals surface area contributed by atoms with E-state index in [1.54, 1.807) is 0 Å². The molecule has 0 aromatic heterocycles. The van der Waals surface area contributed by atoms with Crippen LogP contribution in [-0.2, 0) is 55.8 Å². The molecule has 2 unspecified atom stereocenters. The maximum atomic E-state index is 12.7. The number of phosphoric acid groups is 2. The zero-order valence-electron chi connectivity index (χ0n) is 36.4. The fourth-order valence-electron chi connectivity index (χ4n) is 5.80. The minimum atomic E-state index is -4.88. The van der Waals surface area contributed by atoms with Crippen LogP contribution in [0.25, 0.3) is 0 Å². The average Bonchev–Trinajstić information content (AvgIpc) is 3.20. The van der Waals surface area contributed by atoms with Crippen LogP contribution in [-0.4, -0.2) is 95.9 Å². The van der Waals surface area contributed by atoms with Crippen molar-refractivity contribution < 1.29 is 75.8 Å². The predicted octanol–water partition coefficient (Wildman–Crippen LogP) is 9.18. The van der Waals surface area contributed by atoms with E-state index >= 15 is 0 Å². The molecule has 59 heavy (non-hydrogen) atoms. The molecule has 16 nitrogen and oxygen atoms in total. The van der Waals surface area contributed by atoms with E-state index in [0.717, 1.165) is 64.2 Å². The maximum absolute atomic E-state index is 12.7. The monoisotopic (exact) mass is 890 g/mol. The molecule has 0 spiro atoms. The van der Waals surface area contributed by atoms with Crippen LogP contribution in [0.3, 0.4) is 0 Å². The molecule has 0 saturated carbocycles. The fourth-order valence-corrected chi connectivity index (χ4v) is 7.39. The van der Waals surface area contributed by atoms with Crippen molar-refractivity contribution >= 4 is 33.6 Å². The minimum absolute atomic E-state index is 0.114. The van der Waals surface area contributed by atoms with Crippen molar-refractivity contribution in [2.24, 2.45) is 0 Å². The van der Waals surface area contributed by atoms with Crippen molar-refractivity contribution in [3.8, 4) is 0 Å². The molecule has 0 aliphatic rings. The normalized spacial score (nSPS) is 15.2. The molecule has 0 aliphatic heterocycles. The Labute approximate surface area is 354 Å². The van der Waals surface area contributed by atoms with E-state index in [1.165, 1.54) is 64.2 Å². The van der Waals surface area contributed by atoms with Gasteiger partial charge < -0.3 is 34.2 Å². The first kappa shape index (κ1) is 57.5. The summed E-state index contributed by atoms with van der Waals surface area (Å²) in [6.45, 7) is 2.41. The lowest BCUT2D eigenvalue weighted by Gasteiger charge is -2.21. The van der Waals surface area contributed by atoms with Gasteiger partial charge in [-0.25, -0.2) is 9.13 Å². The minimum Gasteiger partial charge on any atom is -0.463 e. The van der Waals surface area contributed by atoms with Crippen molar-refractivity contribution in [1.82, 2.24) is 0 Å². The second-order valence-electron chi connectivity index (χ2n) is 15.2. The number of hydrogen-bond acceptors (Lipinski definition) is 14. The van der Waals surface area contributed by atoms with Crippen molar-refractivity contribution in [2.75, 3.05) is 39.6 Å². The van der Waals surface area contributed by atoms with Gasteiger partial charge >= 0.3 is 33.6 Å². The summed E-state index contributed by atoms with van der Waals surface area (Å²) in [5.74, 6) is -1.59. The fraction of sp³-hybridized carbons (Fsp3) is 0.927. The Hall–Kier alpha value is -1.45. The molecule has 350 valence electrons. The van der Waals surface area contributed by atoms with Gasteiger partial charge in [-0.2, -0.15) is 0 Å². The van der Waals surface area contributed by atoms with Crippen LogP contribution in [0.1, 0.15) is 188 Å². The Balaban J connectivity index is 4.77. The number of carbonyl (C=O) groups excluding carboxylic acids is 3. The van der Waals surface area contributed by atoms with E-state index in [9.17, 15) is 43.5 Å². The van der Waals surface area contributed by atoms with Crippen molar-refractivity contribution in [3.63, 3.8) is 0 Å². The standard InChI is InChI=1S/C41H80O16P2/c1-4-7-10-13-15-17-18-19-21-23-26-29-41(46)57-38(34-52-40(45)28-25-22-20-16-14-11-8-5-2)35-56-59(49,50)55-33-37(43)32-54-58(47,48)53-31-36(42)30-51-39(44)27-24-12-9-6-3/h36-38,42-43H,4-35H2,1-3H3,(H,47,48)(H,49,50)/t36-,37-,38-/m1/s1. The second kappa shape index (κ2) is 38.2. The number of aliphatic hydroxyl groups is 2.